The van der Waals surface area contributed by atoms with Crippen LogP contribution in [0.4, 0.5) is 0 Å². The highest BCUT2D eigenvalue weighted by Gasteiger charge is 2.15. The Kier molecular flexibility index (Phi) is 4.69. The molecule has 3 aromatic carbocycles. The Bertz CT molecular complexity index is 1290. The van der Waals surface area contributed by atoms with E-state index in [2.05, 4.69) is 55.9 Å². The van der Waals surface area contributed by atoms with Gasteiger partial charge in [-0.1, -0.05) is 66.7 Å². The highest BCUT2D eigenvalue weighted by atomic mass is 16.5. The summed E-state index contributed by atoms with van der Waals surface area (Å²) in [6.45, 7) is 0.716. The third-order valence-corrected chi connectivity index (χ3v) is 5.18. The van der Waals surface area contributed by atoms with Crippen molar-refractivity contribution in [3.05, 3.63) is 97.1 Å². The molecule has 0 radical (unpaired) electrons. The van der Waals surface area contributed by atoms with Gasteiger partial charge in [-0.25, -0.2) is 15.0 Å². The van der Waals surface area contributed by atoms with Crippen LogP contribution in [0, 0.1) is 0 Å². The maximum absolute atomic E-state index is 5.30. The predicted octanol–water partition coefficient (Wildman–Crippen LogP) is 5.22. The Hall–Kier alpha value is -3.99. The van der Waals surface area contributed by atoms with Gasteiger partial charge in [-0.3, -0.25) is 0 Å². The van der Waals surface area contributed by atoms with Crippen LogP contribution in [-0.2, 0) is 6.54 Å². The van der Waals surface area contributed by atoms with Crippen molar-refractivity contribution in [1.82, 2.24) is 19.5 Å². The molecule has 0 amide bonds. The van der Waals surface area contributed by atoms with E-state index in [0.717, 1.165) is 39.3 Å². The van der Waals surface area contributed by atoms with Crippen molar-refractivity contribution >= 4 is 11.2 Å². The summed E-state index contributed by atoms with van der Waals surface area (Å²) < 4.78 is 7.36. The van der Waals surface area contributed by atoms with Gasteiger partial charge in [0.05, 0.1) is 20.0 Å². The van der Waals surface area contributed by atoms with Gasteiger partial charge >= 0.3 is 0 Å². The first-order valence-corrected chi connectivity index (χ1v) is 9.77. The summed E-state index contributed by atoms with van der Waals surface area (Å²) in [5.41, 5.74) is 6.89. The number of fused-ring (bicyclic) bond motifs is 1. The second-order valence-corrected chi connectivity index (χ2v) is 7.03. The molecule has 2 heterocycles. The van der Waals surface area contributed by atoms with Crippen molar-refractivity contribution in [3.63, 3.8) is 0 Å². The fraction of sp³-hybridized carbons (Fsp3) is 0.0800. The minimum Gasteiger partial charge on any atom is -0.497 e. The molecule has 5 aromatic rings. The lowest BCUT2D eigenvalue weighted by Gasteiger charge is -2.11. The maximum atomic E-state index is 5.30. The SMILES string of the molecule is COc1ccc(-c2ccccc2-c2ncnc3c2ncn3Cc2ccccc2)cc1. The number of nitrogens with zero attached hydrogens (tertiary/aromatic N) is 4. The zero-order valence-corrected chi connectivity index (χ0v) is 16.6. The average molecular weight is 392 g/mol. The van der Waals surface area contributed by atoms with E-state index in [9.17, 15) is 0 Å². The summed E-state index contributed by atoms with van der Waals surface area (Å²) in [4.78, 5) is 13.8. The van der Waals surface area contributed by atoms with Crippen LogP contribution in [0.15, 0.2) is 91.5 Å². The molecule has 5 nitrogen and oxygen atoms in total. The van der Waals surface area contributed by atoms with E-state index in [4.69, 9.17) is 4.74 Å². The molecule has 5 rings (SSSR count). The van der Waals surface area contributed by atoms with Crippen LogP contribution in [0.3, 0.4) is 0 Å². The maximum Gasteiger partial charge on any atom is 0.164 e. The molecular weight excluding hydrogens is 372 g/mol. The fourth-order valence-corrected chi connectivity index (χ4v) is 3.69. The lowest BCUT2D eigenvalue weighted by atomic mass is 9.97. The van der Waals surface area contributed by atoms with Gasteiger partial charge in [0, 0.05) is 5.56 Å². The zero-order valence-electron chi connectivity index (χ0n) is 16.6. The number of methoxy groups -OCH3 is 1. The zero-order chi connectivity index (χ0) is 20.3. The number of ether oxygens (including phenoxy) is 1. The fourth-order valence-electron chi connectivity index (χ4n) is 3.69. The Morgan fingerprint density at radius 3 is 2.27 bits per heavy atom. The summed E-state index contributed by atoms with van der Waals surface area (Å²) in [6.07, 6.45) is 3.46. The molecule has 0 fully saturated rings. The molecule has 0 saturated carbocycles. The average Bonchev–Trinajstić information content (AvgIpc) is 3.23. The highest BCUT2D eigenvalue weighted by molar-refractivity contribution is 5.93. The lowest BCUT2D eigenvalue weighted by molar-refractivity contribution is 0.415. The predicted molar refractivity (Wildman–Crippen MR) is 118 cm³/mol. The summed E-state index contributed by atoms with van der Waals surface area (Å²) >= 11 is 0. The van der Waals surface area contributed by atoms with Crippen molar-refractivity contribution in [2.45, 2.75) is 6.54 Å². The third kappa shape index (κ3) is 3.31. The van der Waals surface area contributed by atoms with Crippen molar-refractivity contribution in [2.24, 2.45) is 0 Å². The molecular formula is C25H20N4O. The number of rotatable bonds is 5. The monoisotopic (exact) mass is 392 g/mol. The van der Waals surface area contributed by atoms with Crippen LogP contribution in [0.25, 0.3) is 33.5 Å². The topological polar surface area (TPSA) is 52.8 Å². The van der Waals surface area contributed by atoms with Gasteiger partial charge in [0.25, 0.3) is 0 Å². The molecule has 0 spiro atoms. The van der Waals surface area contributed by atoms with Crippen molar-refractivity contribution in [1.29, 1.82) is 0 Å². The van der Waals surface area contributed by atoms with Gasteiger partial charge in [0.2, 0.25) is 0 Å². The molecule has 0 aliphatic rings. The van der Waals surface area contributed by atoms with Gasteiger partial charge < -0.3 is 9.30 Å². The lowest BCUT2D eigenvalue weighted by Crippen LogP contribution is -2.00. The summed E-state index contributed by atoms with van der Waals surface area (Å²) in [5, 5.41) is 0. The largest absolute Gasteiger partial charge is 0.497 e. The second kappa shape index (κ2) is 7.79. The summed E-state index contributed by atoms with van der Waals surface area (Å²) in [6, 6.07) is 26.6. The second-order valence-electron chi connectivity index (χ2n) is 7.03. The Labute approximate surface area is 174 Å². The van der Waals surface area contributed by atoms with E-state index in [0.29, 0.717) is 6.54 Å². The molecule has 0 atom stereocenters. The number of benzene rings is 3. The van der Waals surface area contributed by atoms with Crippen molar-refractivity contribution < 1.29 is 4.74 Å². The van der Waals surface area contributed by atoms with Crippen molar-refractivity contribution in [3.8, 4) is 28.1 Å². The highest BCUT2D eigenvalue weighted by Crippen LogP contribution is 2.34. The van der Waals surface area contributed by atoms with E-state index >= 15 is 0 Å². The minimum atomic E-state index is 0.716. The minimum absolute atomic E-state index is 0.716. The summed E-state index contributed by atoms with van der Waals surface area (Å²) in [5.74, 6) is 0.834. The molecule has 0 saturated heterocycles. The molecule has 0 bridgehead atoms. The molecule has 0 aliphatic carbocycles. The third-order valence-electron chi connectivity index (χ3n) is 5.18. The number of hydrogen-bond donors (Lipinski definition) is 0. The van der Waals surface area contributed by atoms with Crippen LogP contribution in [0.1, 0.15) is 5.56 Å². The van der Waals surface area contributed by atoms with Gasteiger partial charge in [0.15, 0.2) is 5.65 Å². The first-order valence-electron chi connectivity index (χ1n) is 9.77. The van der Waals surface area contributed by atoms with Crippen LogP contribution in [0.5, 0.6) is 5.75 Å². The number of imidazole rings is 1. The molecule has 0 aliphatic heterocycles. The van der Waals surface area contributed by atoms with Crippen molar-refractivity contribution in [2.75, 3.05) is 7.11 Å². The van der Waals surface area contributed by atoms with E-state index in [1.54, 1.807) is 13.4 Å². The van der Waals surface area contributed by atoms with Gasteiger partial charge in [-0.15, -0.1) is 0 Å². The van der Waals surface area contributed by atoms with E-state index < -0.39 is 0 Å². The molecule has 0 N–H and O–H groups in total. The van der Waals surface area contributed by atoms with E-state index in [1.807, 2.05) is 48.8 Å². The number of hydrogen-bond acceptors (Lipinski definition) is 4. The van der Waals surface area contributed by atoms with Gasteiger partial charge in [-0.2, -0.15) is 0 Å². The molecule has 0 unspecified atom stereocenters. The summed E-state index contributed by atoms with van der Waals surface area (Å²) in [7, 11) is 1.67. The van der Waals surface area contributed by atoms with Gasteiger partial charge in [-0.05, 0) is 28.8 Å². The van der Waals surface area contributed by atoms with E-state index in [-0.39, 0.29) is 0 Å². The van der Waals surface area contributed by atoms with E-state index in [1.165, 1.54) is 5.56 Å². The standard InChI is InChI=1S/C25H20N4O/c1-30-20-13-11-19(12-14-20)21-9-5-6-10-22(21)23-24-25(27-16-26-23)29(17-28-24)15-18-7-3-2-4-8-18/h2-14,16-17H,15H2,1H3. The van der Waals surface area contributed by atoms with Crippen LogP contribution < -0.4 is 4.74 Å². The Balaban J connectivity index is 1.60. The Morgan fingerprint density at radius 1 is 0.767 bits per heavy atom. The first-order chi connectivity index (χ1) is 14.8. The molecule has 2 aromatic heterocycles. The first kappa shape index (κ1) is 18.1. The molecule has 146 valence electrons. The number of aromatic nitrogens is 4. The molecule has 30 heavy (non-hydrogen) atoms. The van der Waals surface area contributed by atoms with Crippen LogP contribution in [-0.4, -0.2) is 26.6 Å². The van der Waals surface area contributed by atoms with Crippen LogP contribution in [0.2, 0.25) is 0 Å². The smallest absolute Gasteiger partial charge is 0.164 e. The normalized spacial score (nSPS) is 11.0. The van der Waals surface area contributed by atoms with Crippen LogP contribution >= 0.6 is 0 Å². The Morgan fingerprint density at radius 2 is 1.50 bits per heavy atom. The molecule has 5 heteroatoms. The quantitative estimate of drug-likeness (QED) is 0.412. The van der Waals surface area contributed by atoms with Gasteiger partial charge in [0.1, 0.15) is 23.3 Å².